The molecule has 336 valence electrons. The highest BCUT2D eigenvalue weighted by Gasteiger charge is 2.18. The molecule has 7 N–H and O–H groups in total. The van der Waals surface area contributed by atoms with Crippen LogP contribution in [0.1, 0.15) is 64.6 Å². The van der Waals surface area contributed by atoms with E-state index in [-0.39, 0.29) is 48.3 Å². The number of nitrogens with two attached hydrogens (primary N) is 1. The lowest BCUT2D eigenvalue weighted by Crippen LogP contribution is -2.34. The number of H-pyrrole nitrogens is 1. The van der Waals surface area contributed by atoms with Crippen LogP contribution < -0.4 is 26.4 Å². The predicted octanol–water partition coefficient (Wildman–Crippen LogP) is 9.29. The number of rotatable bonds is 17. The molecule has 0 atom stereocenters. The number of anilines is 1. The second-order valence-corrected chi connectivity index (χ2v) is 16.5. The van der Waals surface area contributed by atoms with Crippen LogP contribution in [-0.2, 0) is 18.3 Å². The number of hydrogen-bond acceptors (Lipinski definition) is 9. The highest BCUT2D eigenvalue weighted by molar-refractivity contribution is 6.34. The Balaban J connectivity index is 0.744. The number of fused-ring (bicyclic) bond motifs is 2. The molecule has 0 bridgehead atoms. The van der Waals surface area contributed by atoms with Gasteiger partial charge >= 0.3 is 0 Å². The van der Waals surface area contributed by atoms with E-state index in [2.05, 4.69) is 58.7 Å². The molecule has 66 heavy (non-hydrogen) atoms. The lowest BCUT2D eigenvalue weighted by Gasteiger charge is -2.16. The summed E-state index contributed by atoms with van der Waals surface area (Å²) in [5.74, 6) is 0.327. The minimum absolute atomic E-state index is 0.114. The maximum Gasteiger partial charge on any atom is 0.300 e. The third kappa shape index (κ3) is 10.1. The van der Waals surface area contributed by atoms with Gasteiger partial charge in [0.25, 0.3) is 17.8 Å². The molecular weight excluding hydrogens is 854 g/mol. The van der Waals surface area contributed by atoms with E-state index in [1.54, 1.807) is 54.9 Å². The van der Waals surface area contributed by atoms with Gasteiger partial charge in [-0.15, -0.1) is 0 Å². The second-order valence-electron chi connectivity index (χ2n) is 16.1. The first-order valence-electron chi connectivity index (χ1n) is 21.8. The molecule has 8 rings (SSSR count). The summed E-state index contributed by atoms with van der Waals surface area (Å²) in [6.07, 6.45) is 8.47. The van der Waals surface area contributed by atoms with Gasteiger partial charge in [-0.25, -0.2) is 4.98 Å². The van der Waals surface area contributed by atoms with E-state index in [1.807, 2.05) is 57.4 Å². The summed E-state index contributed by atoms with van der Waals surface area (Å²) in [4.78, 5) is 55.1. The summed E-state index contributed by atoms with van der Waals surface area (Å²) in [6, 6.07) is 28.0. The van der Waals surface area contributed by atoms with Gasteiger partial charge in [0.2, 0.25) is 5.91 Å². The minimum atomic E-state index is -0.355. The van der Waals surface area contributed by atoms with Crippen LogP contribution >= 0.6 is 11.6 Å². The number of ether oxygens (including phenoxy) is 1. The Morgan fingerprint density at radius 1 is 0.803 bits per heavy atom. The summed E-state index contributed by atoms with van der Waals surface area (Å²) >= 11 is 6.73. The second kappa shape index (κ2) is 20.0. The van der Waals surface area contributed by atoms with Crippen molar-refractivity contribution < 1.29 is 24.2 Å². The molecule has 0 aliphatic carbocycles. The average molecular weight is 904 g/mol. The van der Waals surface area contributed by atoms with E-state index in [9.17, 15) is 19.5 Å². The van der Waals surface area contributed by atoms with Crippen LogP contribution in [0.15, 0.2) is 110 Å². The molecule has 0 radical (unpaired) electrons. The van der Waals surface area contributed by atoms with Gasteiger partial charge in [0, 0.05) is 90.4 Å². The number of aromatic amines is 1. The Labute approximate surface area is 386 Å². The van der Waals surface area contributed by atoms with Crippen molar-refractivity contribution in [3.05, 3.63) is 137 Å². The maximum atomic E-state index is 13.2. The summed E-state index contributed by atoms with van der Waals surface area (Å²) in [6.45, 7) is 4.87. The Hall–Kier alpha value is -7.71. The monoisotopic (exact) mass is 903 g/mol. The number of carbonyl (C=O) groups is 3. The lowest BCUT2D eigenvalue weighted by atomic mass is 9.92. The zero-order valence-corrected chi connectivity index (χ0v) is 37.6. The maximum absolute atomic E-state index is 13.2. The number of carbonyl (C=O) groups excluding carboxylic acids is 3. The first-order chi connectivity index (χ1) is 31.9. The van der Waals surface area contributed by atoms with Crippen molar-refractivity contribution in [1.29, 1.82) is 0 Å². The Kier molecular flexibility index (Phi) is 13.6. The molecule has 15 heteroatoms. The van der Waals surface area contributed by atoms with E-state index in [4.69, 9.17) is 22.1 Å². The molecule has 4 aromatic heterocycles. The molecule has 0 fully saturated rings. The number of hydrogen-bond donors (Lipinski definition) is 6. The van der Waals surface area contributed by atoms with Gasteiger partial charge in [0.05, 0.1) is 16.1 Å². The van der Waals surface area contributed by atoms with Crippen molar-refractivity contribution >= 4 is 57.1 Å². The van der Waals surface area contributed by atoms with Gasteiger partial charge in [-0.3, -0.25) is 19.4 Å². The number of unbranched alkanes of at least 4 members (excludes halogenated alkanes) is 2. The first kappa shape index (κ1) is 44.9. The summed E-state index contributed by atoms with van der Waals surface area (Å²) in [5.41, 5.74) is 16.5. The number of phenols is 1. The number of nitrogen functional groups attached to an aromatic ring is 1. The third-order valence-electron chi connectivity index (χ3n) is 11.5. The van der Waals surface area contributed by atoms with Crippen molar-refractivity contribution in [3.8, 4) is 50.9 Å². The number of benzene rings is 4. The highest BCUT2D eigenvalue weighted by atomic mass is 35.5. The molecule has 3 amide bonds. The van der Waals surface area contributed by atoms with Gasteiger partial charge < -0.3 is 41.1 Å². The van der Waals surface area contributed by atoms with E-state index < -0.39 is 0 Å². The normalized spacial score (nSPS) is 11.2. The molecular formula is C51H50ClN9O5. The molecule has 0 unspecified atom stereocenters. The largest absolute Gasteiger partial charge is 0.508 e. The van der Waals surface area contributed by atoms with Crippen LogP contribution in [0.4, 0.5) is 5.82 Å². The number of phenolic OH excluding ortho intramolecular Hbond substituents is 1. The van der Waals surface area contributed by atoms with Gasteiger partial charge in [-0.1, -0.05) is 55.3 Å². The third-order valence-corrected chi connectivity index (χ3v) is 11.9. The topological polar surface area (TPSA) is 202 Å². The quantitative estimate of drug-likeness (QED) is 0.0482. The number of aryl methyl sites for hydroxylation is 2. The van der Waals surface area contributed by atoms with Gasteiger partial charge in [-0.2, -0.15) is 4.98 Å². The fraction of sp³-hybridized carbons (Fsp3) is 0.216. The number of halogens is 1. The zero-order valence-electron chi connectivity index (χ0n) is 36.9. The molecule has 8 aromatic rings. The average Bonchev–Trinajstić information content (AvgIpc) is 3.90. The van der Waals surface area contributed by atoms with E-state index in [0.29, 0.717) is 59.9 Å². The molecule has 14 nitrogen and oxygen atoms in total. The minimum Gasteiger partial charge on any atom is -0.508 e. The smallest absolute Gasteiger partial charge is 0.300 e. The Morgan fingerprint density at radius 3 is 2.36 bits per heavy atom. The van der Waals surface area contributed by atoms with Gasteiger partial charge in [-0.05, 0) is 109 Å². The van der Waals surface area contributed by atoms with E-state index >= 15 is 0 Å². The number of aromatic nitrogens is 5. The molecule has 0 spiro atoms. The number of pyridine rings is 2. The number of nitrogens with one attached hydrogen (secondary N) is 4. The summed E-state index contributed by atoms with van der Waals surface area (Å²) in [5, 5.41) is 20.1. The van der Waals surface area contributed by atoms with Crippen LogP contribution in [0.3, 0.4) is 0 Å². The Bertz CT molecular complexity index is 3070. The molecule has 0 aliphatic rings. The van der Waals surface area contributed by atoms with Crippen LogP contribution in [-0.4, -0.2) is 67.0 Å². The van der Waals surface area contributed by atoms with Crippen molar-refractivity contribution in [1.82, 2.24) is 40.5 Å². The number of nitrogens with zero attached hydrogens (tertiary/aromatic N) is 4. The standard InChI is InChI=1S/C51H50ClN9O5/c1-4-37-40(29-58-48(53)47(37)31-10-14-35(62)15-11-31)34-12-17-42(57-28-34)50(65)56-22-21-54-46(63)8-6-5-7-20-55-49(64)38-25-36(16-9-30(38)2)66-51-59-43-26-39(41(52)27-44(43)60-51)32-13-18-45-33(24-32)19-23-61(45)3/h9-19,23-29,62H,4-8,20-22H2,1-3H3,(H2,53,58)(H,54,63)(H,55,64)(H,56,65)(H,59,60). The summed E-state index contributed by atoms with van der Waals surface area (Å²) < 4.78 is 8.16. The first-order valence-corrected chi connectivity index (χ1v) is 22.2. The van der Waals surface area contributed by atoms with Crippen molar-refractivity contribution in [3.63, 3.8) is 0 Å². The molecule has 0 aliphatic heterocycles. The van der Waals surface area contributed by atoms with Crippen LogP contribution in [0.25, 0.3) is 55.3 Å². The molecule has 4 heterocycles. The summed E-state index contributed by atoms with van der Waals surface area (Å²) in [7, 11) is 2.02. The van der Waals surface area contributed by atoms with Crippen molar-refractivity contribution in [2.45, 2.75) is 46.0 Å². The van der Waals surface area contributed by atoms with E-state index in [1.165, 1.54) is 0 Å². The van der Waals surface area contributed by atoms with Gasteiger partial charge in [0.15, 0.2) is 0 Å². The van der Waals surface area contributed by atoms with E-state index in [0.717, 1.165) is 67.3 Å². The van der Waals surface area contributed by atoms with Crippen molar-refractivity contribution in [2.24, 2.45) is 7.05 Å². The lowest BCUT2D eigenvalue weighted by molar-refractivity contribution is -0.121. The molecule has 0 saturated carbocycles. The number of aromatic hydroxyl groups is 1. The van der Waals surface area contributed by atoms with Crippen LogP contribution in [0.5, 0.6) is 17.5 Å². The molecule has 0 saturated heterocycles. The Morgan fingerprint density at radius 2 is 1.58 bits per heavy atom. The van der Waals surface area contributed by atoms with Crippen LogP contribution in [0, 0.1) is 6.92 Å². The van der Waals surface area contributed by atoms with Crippen LogP contribution in [0.2, 0.25) is 5.02 Å². The predicted molar refractivity (Wildman–Crippen MR) is 259 cm³/mol. The number of amides is 3. The van der Waals surface area contributed by atoms with Crippen molar-refractivity contribution in [2.75, 3.05) is 25.4 Å². The fourth-order valence-electron chi connectivity index (χ4n) is 8.01. The number of imidazole rings is 1. The SMILES string of the molecule is CCc1c(-c2ccc(C(=O)NCCNC(=O)CCCCCNC(=O)c3cc(Oc4nc5cc(-c6ccc7c(ccn7C)c6)c(Cl)cc5[nH]4)ccc3C)nc2)cnc(N)c1-c1ccc(O)cc1. The van der Waals surface area contributed by atoms with Gasteiger partial charge in [0.1, 0.15) is 23.0 Å². The highest BCUT2D eigenvalue weighted by Crippen LogP contribution is 2.37. The molecule has 4 aromatic carbocycles. The fourth-order valence-corrected chi connectivity index (χ4v) is 8.28. The zero-order chi connectivity index (χ0) is 46.3.